The molecule has 2 aromatic heterocycles. The van der Waals surface area contributed by atoms with Crippen LogP contribution in [0, 0.1) is 6.92 Å². The van der Waals surface area contributed by atoms with Gasteiger partial charge in [0.15, 0.2) is 5.69 Å². The fourth-order valence-electron chi connectivity index (χ4n) is 3.11. The topological polar surface area (TPSA) is 102 Å². The van der Waals surface area contributed by atoms with Gasteiger partial charge in [0, 0.05) is 17.5 Å². The molecule has 2 heterocycles. The first kappa shape index (κ1) is 18.5. The fraction of sp³-hybridized carbons (Fsp3) is 0.588. The van der Waals surface area contributed by atoms with Crippen LogP contribution in [0.25, 0.3) is 0 Å². The molecule has 1 aliphatic carbocycles. The molecule has 2 amide bonds. The number of carbonyl (C=O) groups is 2. The van der Waals surface area contributed by atoms with E-state index in [0.717, 1.165) is 30.7 Å². The molecule has 0 aromatic carbocycles. The average Bonchev–Trinajstić information content (AvgIpc) is 3.24. The Morgan fingerprint density at radius 2 is 1.92 bits per heavy atom. The van der Waals surface area contributed by atoms with Gasteiger partial charge in [-0.25, -0.2) is 9.67 Å². The third kappa shape index (κ3) is 4.46. The number of rotatable bonds is 5. The largest absolute Gasteiger partial charge is 0.348 e. The predicted octanol–water partition coefficient (Wildman–Crippen LogP) is 2.09. The molecule has 0 unspecified atom stereocenters. The Morgan fingerprint density at radius 1 is 1.19 bits per heavy atom. The van der Waals surface area contributed by atoms with E-state index in [1.807, 2.05) is 20.8 Å². The number of nitrogens with one attached hydrogen (secondary N) is 2. The molecule has 1 saturated carbocycles. The molecular weight excluding hydrogens is 352 g/mol. The molecular formula is C17H24N6O2S. The molecule has 0 spiro atoms. The van der Waals surface area contributed by atoms with Crippen molar-refractivity contribution in [2.75, 3.05) is 0 Å². The Labute approximate surface area is 156 Å². The predicted molar refractivity (Wildman–Crippen MR) is 98.2 cm³/mol. The summed E-state index contributed by atoms with van der Waals surface area (Å²) in [6, 6.07) is 0.416. The van der Waals surface area contributed by atoms with Crippen LogP contribution in [-0.2, 0) is 0 Å². The van der Waals surface area contributed by atoms with Gasteiger partial charge in [0.05, 0.1) is 17.2 Å². The van der Waals surface area contributed by atoms with Crippen molar-refractivity contribution >= 4 is 23.2 Å². The Bertz CT molecular complexity index is 776. The summed E-state index contributed by atoms with van der Waals surface area (Å²) >= 11 is 1.48. The molecule has 140 valence electrons. The number of aromatic nitrogens is 4. The highest BCUT2D eigenvalue weighted by Gasteiger charge is 2.26. The number of carbonyl (C=O) groups excluding carboxylic acids is 2. The summed E-state index contributed by atoms with van der Waals surface area (Å²) in [6.45, 7) is 5.70. The van der Waals surface area contributed by atoms with E-state index >= 15 is 0 Å². The standard InChI is InChI=1S/C17H24N6O2S/c1-10(2)18-16(24)14-8-23(22-21-14)13-6-4-12(5-7-13)20-17(25)15-9-26-11(3)19-15/h8-10,12-13H,4-7H2,1-3H3,(H,18,24)(H,20,25). The van der Waals surface area contributed by atoms with Crippen LogP contribution in [0.3, 0.4) is 0 Å². The zero-order valence-electron chi connectivity index (χ0n) is 15.2. The van der Waals surface area contributed by atoms with Crippen molar-refractivity contribution in [3.63, 3.8) is 0 Å². The number of hydrogen-bond donors (Lipinski definition) is 2. The molecule has 2 aromatic rings. The van der Waals surface area contributed by atoms with Crippen molar-refractivity contribution < 1.29 is 9.59 Å². The zero-order valence-corrected chi connectivity index (χ0v) is 16.0. The van der Waals surface area contributed by atoms with E-state index in [-0.39, 0.29) is 29.9 Å². The van der Waals surface area contributed by atoms with Gasteiger partial charge in [-0.1, -0.05) is 5.21 Å². The highest BCUT2D eigenvalue weighted by atomic mass is 32.1. The summed E-state index contributed by atoms with van der Waals surface area (Å²) in [5.74, 6) is -0.308. The first-order valence-electron chi connectivity index (χ1n) is 8.88. The summed E-state index contributed by atoms with van der Waals surface area (Å²) in [5, 5.41) is 16.6. The van der Waals surface area contributed by atoms with E-state index in [9.17, 15) is 9.59 Å². The molecule has 0 saturated heterocycles. The van der Waals surface area contributed by atoms with Crippen LogP contribution in [0.5, 0.6) is 0 Å². The van der Waals surface area contributed by atoms with Gasteiger partial charge in [-0.05, 0) is 46.5 Å². The summed E-state index contributed by atoms with van der Waals surface area (Å²) in [4.78, 5) is 28.4. The molecule has 0 bridgehead atoms. The van der Waals surface area contributed by atoms with Crippen molar-refractivity contribution in [3.8, 4) is 0 Å². The van der Waals surface area contributed by atoms with E-state index in [1.165, 1.54) is 11.3 Å². The highest BCUT2D eigenvalue weighted by molar-refractivity contribution is 7.09. The number of aryl methyl sites for hydroxylation is 1. The molecule has 26 heavy (non-hydrogen) atoms. The van der Waals surface area contributed by atoms with Gasteiger partial charge in [-0.3, -0.25) is 9.59 Å². The van der Waals surface area contributed by atoms with Gasteiger partial charge in [0.25, 0.3) is 11.8 Å². The van der Waals surface area contributed by atoms with E-state index in [2.05, 4.69) is 25.9 Å². The van der Waals surface area contributed by atoms with Crippen molar-refractivity contribution in [3.05, 3.63) is 28.0 Å². The lowest BCUT2D eigenvalue weighted by atomic mass is 9.91. The molecule has 9 heteroatoms. The Kier molecular flexibility index (Phi) is 5.65. The first-order valence-corrected chi connectivity index (χ1v) is 9.76. The van der Waals surface area contributed by atoms with Crippen LogP contribution < -0.4 is 10.6 Å². The van der Waals surface area contributed by atoms with Crippen molar-refractivity contribution in [2.24, 2.45) is 0 Å². The maximum absolute atomic E-state index is 12.2. The van der Waals surface area contributed by atoms with Gasteiger partial charge in [0.1, 0.15) is 5.69 Å². The Morgan fingerprint density at radius 3 is 2.54 bits per heavy atom. The lowest BCUT2D eigenvalue weighted by molar-refractivity contribution is 0.0913. The van der Waals surface area contributed by atoms with Crippen LogP contribution >= 0.6 is 11.3 Å². The average molecular weight is 376 g/mol. The number of hydrogen-bond acceptors (Lipinski definition) is 6. The zero-order chi connectivity index (χ0) is 18.7. The Hall–Kier alpha value is -2.29. The minimum atomic E-state index is -0.203. The highest BCUT2D eigenvalue weighted by Crippen LogP contribution is 2.28. The molecule has 1 fully saturated rings. The smallest absolute Gasteiger partial charge is 0.273 e. The van der Waals surface area contributed by atoms with Gasteiger partial charge in [-0.2, -0.15) is 0 Å². The molecule has 0 aliphatic heterocycles. The first-order chi connectivity index (χ1) is 12.4. The number of nitrogens with zero attached hydrogens (tertiary/aromatic N) is 4. The van der Waals surface area contributed by atoms with Gasteiger partial charge >= 0.3 is 0 Å². The number of thiazole rings is 1. The van der Waals surface area contributed by atoms with Crippen molar-refractivity contribution in [2.45, 2.75) is 64.6 Å². The van der Waals surface area contributed by atoms with Gasteiger partial charge < -0.3 is 10.6 Å². The third-order valence-corrected chi connectivity index (χ3v) is 5.19. The lowest BCUT2D eigenvalue weighted by Crippen LogP contribution is -2.38. The maximum Gasteiger partial charge on any atom is 0.273 e. The van der Waals surface area contributed by atoms with E-state index in [0.29, 0.717) is 11.4 Å². The van der Waals surface area contributed by atoms with Crippen LogP contribution in [0.4, 0.5) is 0 Å². The van der Waals surface area contributed by atoms with E-state index < -0.39 is 0 Å². The molecule has 0 atom stereocenters. The molecule has 3 rings (SSSR count). The SMILES string of the molecule is Cc1nc(C(=O)NC2CCC(n3cc(C(=O)NC(C)C)nn3)CC2)cs1. The second-order valence-corrected chi connectivity index (χ2v) is 8.00. The minimum absolute atomic E-state index is 0.0632. The molecule has 8 nitrogen and oxygen atoms in total. The van der Waals surface area contributed by atoms with Crippen LogP contribution in [0.2, 0.25) is 0 Å². The fourth-order valence-corrected chi connectivity index (χ4v) is 3.70. The minimum Gasteiger partial charge on any atom is -0.348 e. The van der Waals surface area contributed by atoms with E-state index in [4.69, 9.17) is 0 Å². The molecule has 1 aliphatic rings. The molecule has 2 N–H and O–H groups in total. The second kappa shape index (κ2) is 7.94. The van der Waals surface area contributed by atoms with Crippen LogP contribution in [0.1, 0.15) is 71.6 Å². The lowest BCUT2D eigenvalue weighted by Gasteiger charge is -2.28. The van der Waals surface area contributed by atoms with Crippen molar-refractivity contribution in [1.82, 2.24) is 30.6 Å². The quantitative estimate of drug-likeness (QED) is 0.832. The second-order valence-electron chi connectivity index (χ2n) is 6.94. The summed E-state index contributed by atoms with van der Waals surface area (Å²) < 4.78 is 1.77. The summed E-state index contributed by atoms with van der Waals surface area (Å²) in [5.41, 5.74) is 0.833. The van der Waals surface area contributed by atoms with Crippen molar-refractivity contribution in [1.29, 1.82) is 0 Å². The van der Waals surface area contributed by atoms with Crippen LogP contribution in [0.15, 0.2) is 11.6 Å². The Balaban J connectivity index is 1.51. The van der Waals surface area contributed by atoms with Gasteiger partial charge in [-0.15, -0.1) is 16.4 Å². The van der Waals surface area contributed by atoms with E-state index in [1.54, 1.807) is 16.3 Å². The normalized spacial score (nSPS) is 20.2. The third-order valence-electron chi connectivity index (χ3n) is 4.42. The number of amides is 2. The monoisotopic (exact) mass is 376 g/mol. The summed E-state index contributed by atoms with van der Waals surface area (Å²) in [6.07, 6.45) is 5.21. The van der Waals surface area contributed by atoms with Gasteiger partial charge in [0.2, 0.25) is 0 Å². The molecule has 0 radical (unpaired) electrons. The summed E-state index contributed by atoms with van der Waals surface area (Å²) in [7, 11) is 0. The van der Waals surface area contributed by atoms with Crippen LogP contribution in [-0.4, -0.2) is 43.9 Å². The maximum atomic E-state index is 12.2.